The molecule has 0 bridgehead atoms. The zero-order valence-electron chi connectivity index (χ0n) is 15.2. The van der Waals surface area contributed by atoms with E-state index < -0.39 is 29.4 Å². The van der Waals surface area contributed by atoms with Crippen molar-refractivity contribution in [2.24, 2.45) is 0 Å². The van der Waals surface area contributed by atoms with Crippen molar-refractivity contribution in [1.29, 1.82) is 0 Å². The second-order valence-electron chi connectivity index (χ2n) is 6.87. The first kappa shape index (κ1) is 19.3. The number of aromatic nitrogens is 2. The third-order valence-corrected chi connectivity index (χ3v) is 5.16. The molecule has 8 heteroatoms. The van der Waals surface area contributed by atoms with E-state index in [0.717, 1.165) is 10.7 Å². The van der Waals surface area contributed by atoms with Gasteiger partial charge in [0.15, 0.2) is 0 Å². The van der Waals surface area contributed by atoms with Gasteiger partial charge in [-0.2, -0.15) is 9.78 Å². The lowest BCUT2D eigenvalue weighted by molar-refractivity contribution is 0.0447. The summed E-state index contributed by atoms with van der Waals surface area (Å²) in [5.41, 5.74) is 0.360. The summed E-state index contributed by atoms with van der Waals surface area (Å²) < 4.78 is 14.7. The summed E-state index contributed by atoms with van der Waals surface area (Å²) in [5, 5.41) is 17.3. The van der Waals surface area contributed by atoms with Crippen molar-refractivity contribution >= 4 is 17.5 Å². The lowest BCUT2D eigenvalue weighted by Gasteiger charge is -2.32. The van der Waals surface area contributed by atoms with Crippen molar-refractivity contribution in [1.82, 2.24) is 15.1 Å². The van der Waals surface area contributed by atoms with Gasteiger partial charge in [-0.1, -0.05) is 29.8 Å². The molecule has 3 aromatic rings. The topological polar surface area (TPSA) is 84.2 Å². The normalized spacial score (nSPS) is 18.2. The van der Waals surface area contributed by atoms with E-state index in [4.69, 9.17) is 11.6 Å². The van der Waals surface area contributed by atoms with E-state index >= 15 is 0 Å². The van der Waals surface area contributed by atoms with E-state index in [1.54, 1.807) is 24.3 Å². The van der Waals surface area contributed by atoms with E-state index in [-0.39, 0.29) is 11.3 Å². The van der Waals surface area contributed by atoms with Crippen LogP contribution in [-0.2, 0) is 0 Å². The maximum absolute atomic E-state index is 13.7. The molecule has 0 unspecified atom stereocenters. The van der Waals surface area contributed by atoms with Crippen LogP contribution in [0.1, 0.15) is 23.2 Å². The first-order valence-electron chi connectivity index (χ1n) is 9.07. The molecule has 2 atom stereocenters. The van der Waals surface area contributed by atoms with Crippen LogP contribution in [0.25, 0.3) is 16.9 Å². The van der Waals surface area contributed by atoms with Gasteiger partial charge in [0.05, 0.1) is 23.5 Å². The highest BCUT2D eigenvalue weighted by Crippen LogP contribution is 2.22. The maximum atomic E-state index is 13.7. The standard InChI is InChI=1S/C21H17ClFN3O3/c22-13-6-4-12(5-7-13)18-11-16(20(28)24-17-8-9-19(17)27)21(29)26(25-18)15-3-1-2-14(23)10-15/h1-7,10-11,17,19,27H,8-9H2,(H,24,28)/t17-,19-/m0/s1. The number of carbonyl (C=O) groups is 1. The van der Waals surface area contributed by atoms with E-state index in [1.165, 1.54) is 24.3 Å². The maximum Gasteiger partial charge on any atom is 0.284 e. The first-order valence-corrected chi connectivity index (χ1v) is 9.45. The van der Waals surface area contributed by atoms with Gasteiger partial charge in [0, 0.05) is 10.6 Å². The molecule has 6 nitrogen and oxygen atoms in total. The average molecular weight is 414 g/mol. The summed E-state index contributed by atoms with van der Waals surface area (Å²) in [5.74, 6) is -1.14. The molecule has 0 spiro atoms. The highest BCUT2D eigenvalue weighted by molar-refractivity contribution is 6.30. The number of halogens is 2. The van der Waals surface area contributed by atoms with E-state index in [0.29, 0.717) is 29.1 Å². The van der Waals surface area contributed by atoms with Gasteiger partial charge in [0.2, 0.25) is 0 Å². The van der Waals surface area contributed by atoms with Crippen LogP contribution in [0.5, 0.6) is 0 Å². The molecule has 4 rings (SSSR count). The van der Waals surface area contributed by atoms with Crippen molar-refractivity contribution in [2.45, 2.75) is 25.0 Å². The second kappa shape index (κ2) is 7.77. The molecule has 2 N–H and O–H groups in total. The molecule has 1 heterocycles. The molecule has 1 aliphatic carbocycles. The number of hydrogen-bond donors (Lipinski definition) is 2. The fourth-order valence-corrected chi connectivity index (χ4v) is 3.22. The Morgan fingerprint density at radius 3 is 2.55 bits per heavy atom. The summed E-state index contributed by atoms with van der Waals surface area (Å²) in [4.78, 5) is 25.7. The number of nitrogens with one attached hydrogen (secondary N) is 1. The number of rotatable bonds is 4. The number of carbonyl (C=O) groups excluding carboxylic acids is 1. The summed E-state index contributed by atoms with van der Waals surface area (Å²) >= 11 is 5.94. The minimum absolute atomic E-state index is 0.145. The molecule has 29 heavy (non-hydrogen) atoms. The lowest BCUT2D eigenvalue weighted by atomic mass is 9.89. The number of nitrogens with zero attached hydrogens (tertiary/aromatic N) is 2. The van der Waals surface area contributed by atoms with Crippen LogP contribution in [0.2, 0.25) is 5.02 Å². The molecule has 148 valence electrons. The van der Waals surface area contributed by atoms with Crippen molar-refractivity contribution < 1.29 is 14.3 Å². The molecule has 1 fully saturated rings. The third-order valence-electron chi connectivity index (χ3n) is 4.90. The Hall–Kier alpha value is -3.03. The third kappa shape index (κ3) is 3.92. The number of hydrogen-bond acceptors (Lipinski definition) is 4. The highest BCUT2D eigenvalue weighted by atomic mass is 35.5. The summed E-state index contributed by atoms with van der Waals surface area (Å²) in [6.07, 6.45) is 0.618. The van der Waals surface area contributed by atoms with Crippen molar-refractivity contribution in [3.05, 3.63) is 81.4 Å². The minimum Gasteiger partial charge on any atom is -0.391 e. The fraction of sp³-hybridized carbons (Fsp3) is 0.190. The van der Waals surface area contributed by atoms with Crippen LogP contribution in [0.4, 0.5) is 4.39 Å². The van der Waals surface area contributed by atoms with Crippen LogP contribution in [0, 0.1) is 5.82 Å². The Labute approximate surface area is 170 Å². The predicted octanol–water partition coefficient (Wildman–Crippen LogP) is 2.95. The van der Waals surface area contributed by atoms with Crippen LogP contribution in [0.3, 0.4) is 0 Å². The van der Waals surface area contributed by atoms with Crippen molar-refractivity contribution in [3.63, 3.8) is 0 Å². The van der Waals surface area contributed by atoms with Gasteiger partial charge in [-0.25, -0.2) is 4.39 Å². The van der Waals surface area contributed by atoms with E-state index in [9.17, 15) is 19.1 Å². The molecular weight excluding hydrogens is 397 g/mol. The lowest BCUT2D eigenvalue weighted by Crippen LogP contribution is -2.51. The van der Waals surface area contributed by atoms with Gasteiger partial charge in [0.25, 0.3) is 11.5 Å². The Bertz CT molecular complexity index is 1130. The Kier molecular flexibility index (Phi) is 5.17. The van der Waals surface area contributed by atoms with Gasteiger partial charge >= 0.3 is 0 Å². The molecular formula is C21H17ClFN3O3. The Morgan fingerprint density at radius 2 is 1.93 bits per heavy atom. The molecule has 1 saturated carbocycles. The van der Waals surface area contributed by atoms with Crippen LogP contribution >= 0.6 is 11.6 Å². The Morgan fingerprint density at radius 1 is 1.17 bits per heavy atom. The number of amides is 1. The van der Waals surface area contributed by atoms with Gasteiger partial charge < -0.3 is 10.4 Å². The Balaban J connectivity index is 1.83. The minimum atomic E-state index is -0.681. The van der Waals surface area contributed by atoms with Crippen LogP contribution < -0.4 is 10.9 Å². The summed E-state index contributed by atoms with van der Waals surface area (Å²) in [6.45, 7) is 0. The molecule has 1 amide bonds. The van der Waals surface area contributed by atoms with E-state index in [2.05, 4.69) is 10.4 Å². The monoisotopic (exact) mass is 413 g/mol. The van der Waals surface area contributed by atoms with E-state index in [1.807, 2.05) is 0 Å². The zero-order valence-corrected chi connectivity index (χ0v) is 15.9. The van der Waals surface area contributed by atoms with Gasteiger partial charge in [-0.15, -0.1) is 0 Å². The van der Waals surface area contributed by atoms with Crippen LogP contribution in [0.15, 0.2) is 59.4 Å². The van der Waals surface area contributed by atoms with Gasteiger partial charge in [-0.3, -0.25) is 9.59 Å². The second-order valence-corrected chi connectivity index (χ2v) is 7.31. The molecule has 1 aromatic heterocycles. The number of benzene rings is 2. The summed E-state index contributed by atoms with van der Waals surface area (Å²) in [6, 6.07) is 13.2. The quantitative estimate of drug-likeness (QED) is 0.688. The predicted molar refractivity (Wildman–Crippen MR) is 107 cm³/mol. The number of aliphatic hydroxyl groups is 1. The molecule has 0 aliphatic heterocycles. The SMILES string of the molecule is O=C(N[C@H]1CC[C@@H]1O)c1cc(-c2ccc(Cl)cc2)nn(-c2cccc(F)c2)c1=O. The van der Waals surface area contributed by atoms with Crippen LogP contribution in [-0.4, -0.2) is 32.9 Å². The van der Waals surface area contributed by atoms with Crippen molar-refractivity contribution in [3.8, 4) is 16.9 Å². The number of aliphatic hydroxyl groups excluding tert-OH is 1. The molecule has 0 saturated heterocycles. The fourth-order valence-electron chi connectivity index (χ4n) is 3.10. The van der Waals surface area contributed by atoms with Gasteiger partial charge in [0.1, 0.15) is 11.4 Å². The molecule has 0 radical (unpaired) electrons. The average Bonchev–Trinajstić information content (AvgIpc) is 2.71. The largest absolute Gasteiger partial charge is 0.391 e. The highest BCUT2D eigenvalue weighted by Gasteiger charge is 2.31. The smallest absolute Gasteiger partial charge is 0.284 e. The van der Waals surface area contributed by atoms with Crippen molar-refractivity contribution in [2.75, 3.05) is 0 Å². The molecule has 2 aromatic carbocycles. The molecule has 1 aliphatic rings. The first-order chi connectivity index (χ1) is 13.9. The summed E-state index contributed by atoms with van der Waals surface area (Å²) in [7, 11) is 0. The van der Waals surface area contributed by atoms with Gasteiger partial charge in [-0.05, 0) is 49.2 Å². The zero-order chi connectivity index (χ0) is 20.5.